The van der Waals surface area contributed by atoms with Gasteiger partial charge >= 0.3 is 5.97 Å². The molecule has 0 bridgehead atoms. The Hall–Kier alpha value is -2.87. The first kappa shape index (κ1) is 17.0. The quantitative estimate of drug-likeness (QED) is 0.744. The maximum atomic E-state index is 11.2. The number of fused-ring (bicyclic) bond motifs is 1. The Morgan fingerprint density at radius 1 is 1.32 bits per heavy atom. The fourth-order valence-corrected chi connectivity index (χ4v) is 2.99. The zero-order valence-corrected chi connectivity index (χ0v) is 14.5. The Labute approximate surface area is 148 Å². The second-order valence-corrected chi connectivity index (χ2v) is 5.60. The molecule has 130 valence electrons. The number of carboxylic acid groups (broad SMARTS) is 1. The van der Waals surface area contributed by atoms with Crippen molar-refractivity contribution < 1.29 is 19.4 Å². The van der Waals surface area contributed by atoms with E-state index in [0.717, 1.165) is 0 Å². The molecule has 0 aliphatic heterocycles. The van der Waals surface area contributed by atoms with Crippen LogP contribution in [0.4, 0.5) is 0 Å². The van der Waals surface area contributed by atoms with Gasteiger partial charge in [0.05, 0.1) is 42.4 Å². The van der Waals surface area contributed by atoms with Gasteiger partial charge in [0.1, 0.15) is 5.69 Å². The molecule has 0 amide bonds. The molecule has 0 atom stereocenters. The topological polar surface area (TPSA) is 99.4 Å². The lowest BCUT2D eigenvalue weighted by atomic mass is 10.2. The molecule has 0 aromatic carbocycles. The molecule has 3 aromatic rings. The summed E-state index contributed by atoms with van der Waals surface area (Å²) in [5.74, 6) is -0.0814. The van der Waals surface area contributed by atoms with Crippen LogP contribution in [0.25, 0.3) is 11.0 Å². The van der Waals surface area contributed by atoms with Crippen LogP contribution in [0.1, 0.15) is 21.7 Å². The fraction of sp³-hybridized carbons (Fsp3) is 0.250. The van der Waals surface area contributed by atoms with Crippen molar-refractivity contribution in [3.8, 4) is 11.5 Å². The zero-order valence-electron chi connectivity index (χ0n) is 13.8. The molecule has 9 heteroatoms. The van der Waals surface area contributed by atoms with Crippen molar-refractivity contribution in [3.63, 3.8) is 0 Å². The Morgan fingerprint density at radius 3 is 2.72 bits per heavy atom. The number of carboxylic acids is 1. The van der Waals surface area contributed by atoms with Gasteiger partial charge in [-0.3, -0.25) is 4.98 Å². The van der Waals surface area contributed by atoms with Gasteiger partial charge in [-0.15, -0.1) is 0 Å². The third-order valence-corrected chi connectivity index (χ3v) is 4.16. The molecular weight excluding hydrogens is 348 g/mol. The molecule has 3 rings (SSSR count). The number of carbonyl (C=O) groups is 1. The van der Waals surface area contributed by atoms with Crippen molar-refractivity contribution in [2.75, 3.05) is 14.2 Å². The number of hydrogen-bond donors (Lipinski definition) is 1. The fourth-order valence-electron chi connectivity index (χ4n) is 2.64. The summed E-state index contributed by atoms with van der Waals surface area (Å²) in [4.78, 5) is 19.8. The van der Waals surface area contributed by atoms with Gasteiger partial charge in [-0.1, -0.05) is 11.6 Å². The van der Waals surface area contributed by atoms with Gasteiger partial charge in [0.2, 0.25) is 0 Å². The summed E-state index contributed by atoms with van der Waals surface area (Å²) in [6.45, 7) is 2.01. The van der Waals surface area contributed by atoms with Crippen LogP contribution in [0.2, 0.25) is 5.02 Å². The zero-order chi connectivity index (χ0) is 18.1. The third-order valence-electron chi connectivity index (χ3n) is 3.77. The van der Waals surface area contributed by atoms with E-state index in [2.05, 4.69) is 15.1 Å². The van der Waals surface area contributed by atoms with E-state index in [1.165, 1.54) is 13.3 Å². The average molecular weight is 363 g/mol. The molecule has 0 aliphatic rings. The molecule has 3 aromatic heterocycles. The molecule has 0 unspecified atom stereocenters. The van der Waals surface area contributed by atoms with Gasteiger partial charge in [-0.25, -0.2) is 14.5 Å². The van der Waals surface area contributed by atoms with Crippen LogP contribution in [-0.2, 0) is 6.54 Å². The monoisotopic (exact) mass is 362 g/mol. The Bertz CT molecular complexity index is 970. The number of hydrogen-bond acceptors (Lipinski definition) is 6. The second kappa shape index (κ2) is 6.56. The highest BCUT2D eigenvalue weighted by Crippen LogP contribution is 2.32. The Kier molecular flexibility index (Phi) is 4.45. The van der Waals surface area contributed by atoms with Crippen LogP contribution in [0.15, 0.2) is 18.5 Å². The number of nitrogens with zero attached hydrogens (tertiary/aromatic N) is 4. The van der Waals surface area contributed by atoms with Gasteiger partial charge in [0.25, 0.3) is 0 Å². The van der Waals surface area contributed by atoms with Crippen LogP contribution in [0.5, 0.6) is 11.5 Å². The molecule has 0 aliphatic carbocycles. The number of aromatic carboxylic acids is 1. The first-order chi connectivity index (χ1) is 12.0. The number of methoxy groups -OCH3 is 2. The highest BCUT2D eigenvalue weighted by molar-refractivity contribution is 6.38. The summed E-state index contributed by atoms with van der Waals surface area (Å²) in [5, 5.41) is 14.2. The van der Waals surface area contributed by atoms with E-state index in [1.54, 1.807) is 31.0 Å². The Balaban J connectivity index is 2.13. The van der Waals surface area contributed by atoms with E-state index in [0.29, 0.717) is 33.9 Å². The SMILES string of the molecule is COc1ccnc(Cn2nc(C)c3c(Cl)c(C(=O)O)cnc32)c1OC. The highest BCUT2D eigenvalue weighted by atomic mass is 35.5. The van der Waals surface area contributed by atoms with E-state index in [-0.39, 0.29) is 17.1 Å². The molecule has 0 radical (unpaired) electrons. The van der Waals surface area contributed by atoms with Crippen molar-refractivity contribution in [1.29, 1.82) is 0 Å². The average Bonchev–Trinajstić information content (AvgIpc) is 2.91. The summed E-state index contributed by atoms with van der Waals surface area (Å²) in [6, 6.07) is 1.70. The highest BCUT2D eigenvalue weighted by Gasteiger charge is 2.20. The number of aromatic nitrogens is 4. The van der Waals surface area contributed by atoms with E-state index in [4.69, 9.17) is 21.1 Å². The molecule has 25 heavy (non-hydrogen) atoms. The lowest BCUT2D eigenvalue weighted by molar-refractivity contribution is 0.0697. The maximum absolute atomic E-state index is 11.2. The van der Waals surface area contributed by atoms with Crippen molar-refractivity contribution in [2.24, 2.45) is 0 Å². The minimum absolute atomic E-state index is 0.0612. The van der Waals surface area contributed by atoms with E-state index < -0.39 is 5.97 Å². The number of halogens is 1. The van der Waals surface area contributed by atoms with Crippen molar-refractivity contribution in [2.45, 2.75) is 13.5 Å². The second-order valence-electron chi connectivity index (χ2n) is 5.23. The van der Waals surface area contributed by atoms with Crippen molar-refractivity contribution in [3.05, 3.63) is 40.4 Å². The first-order valence-electron chi connectivity index (χ1n) is 7.28. The van der Waals surface area contributed by atoms with Gasteiger partial charge in [-0.2, -0.15) is 5.10 Å². The van der Waals surface area contributed by atoms with Crippen molar-refractivity contribution in [1.82, 2.24) is 19.7 Å². The first-order valence-corrected chi connectivity index (χ1v) is 7.66. The largest absolute Gasteiger partial charge is 0.493 e. The van der Waals surface area contributed by atoms with Gasteiger partial charge in [0.15, 0.2) is 17.1 Å². The van der Waals surface area contributed by atoms with E-state index in [1.807, 2.05) is 0 Å². The summed E-state index contributed by atoms with van der Waals surface area (Å²) < 4.78 is 12.3. The van der Waals surface area contributed by atoms with Crippen LogP contribution >= 0.6 is 11.6 Å². The Morgan fingerprint density at radius 2 is 2.08 bits per heavy atom. The summed E-state index contributed by atoms with van der Waals surface area (Å²) in [5.41, 5.74) is 1.59. The molecule has 3 heterocycles. The molecule has 0 saturated heterocycles. The number of pyridine rings is 2. The van der Waals surface area contributed by atoms with Crippen LogP contribution < -0.4 is 9.47 Å². The molecule has 0 spiro atoms. The normalized spacial score (nSPS) is 10.9. The maximum Gasteiger partial charge on any atom is 0.338 e. The molecule has 8 nitrogen and oxygen atoms in total. The number of ether oxygens (including phenoxy) is 2. The van der Waals surface area contributed by atoms with Crippen LogP contribution in [-0.4, -0.2) is 45.0 Å². The molecule has 0 saturated carbocycles. The molecule has 1 N–H and O–H groups in total. The van der Waals surface area contributed by atoms with E-state index in [9.17, 15) is 9.90 Å². The predicted molar refractivity (Wildman–Crippen MR) is 90.7 cm³/mol. The van der Waals surface area contributed by atoms with Crippen LogP contribution in [0.3, 0.4) is 0 Å². The minimum atomic E-state index is -1.14. The smallest absolute Gasteiger partial charge is 0.338 e. The summed E-state index contributed by atoms with van der Waals surface area (Å²) in [7, 11) is 3.08. The lowest BCUT2D eigenvalue weighted by Gasteiger charge is -2.11. The van der Waals surface area contributed by atoms with Crippen molar-refractivity contribution >= 4 is 28.6 Å². The molecular formula is C16H15ClN4O4. The predicted octanol–water partition coefficient (Wildman–Crippen LogP) is 2.55. The van der Waals surface area contributed by atoms with Gasteiger partial charge in [0, 0.05) is 18.5 Å². The summed E-state index contributed by atoms with van der Waals surface area (Å²) in [6.07, 6.45) is 2.83. The third kappa shape index (κ3) is 2.85. The number of aryl methyl sites for hydroxylation is 1. The summed E-state index contributed by atoms with van der Waals surface area (Å²) >= 11 is 6.23. The van der Waals surface area contributed by atoms with Crippen LogP contribution in [0, 0.1) is 6.92 Å². The number of rotatable bonds is 5. The lowest BCUT2D eigenvalue weighted by Crippen LogP contribution is -2.08. The van der Waals surface area contributed by atoms with Gasteiger partial charge in [-0.05, 0) is 6.92 Å². The minimum Gasteiger partial charge on any atom is -0.493 e. The van der Waals surface area contributed by atoms with E-state index >= 15 is 0 Å². The molecule has 0 fully saturated rings. The standard InChI is InChI=1S/C16H15ClN4O4/c1-8-12-13(17)9(16(22)23)6-19-15(12)21(20-8)7-10-14(25-3)11(24-2)4-5-18-10/h4-6H,7H2,1-3H3,(H,22,23). The van der Waals surface area contributed by atoms with Gasteiger partial charge < -0.3 is 14.6 Å².